The van der Waals surface area contributed by atoms with Crippen LogP contribution in [-0.2, 0) is 0 Å². The van der Waals surface area contributed by atoms with Crippen LogP contribution in [0.3, 0.4) is 0 Å². The predicted octanol–water partition coefficient (Wildman–Crippen LogP) is 5.33. The van der Waals surface area contributed by atoms with Gasteiger partial charge in [-0.15, -0.1) is 0 Å². The average molecular weight is 452 g/mol. The number of urea groups is 1. The summed E-state index contributed by atoms with van der Waals surface area (Å²) in [6, 6.07) is 9.96. The van der Waals surface area contributed by atoms with E-state index in [1.807, 2.05) is 32.0 Å². The molecule has 6 nitrogen and oxygen atoms in total. The molecule has 3 rings (SSSR count). The molecule has 32 heavy (non-hydrogen) atoms. The number of piperidine rings is 1. The number of methoxy groups -OCH3 is 1. The minimum Gasteiger partial charge on any atom is -0.493 e. The number of benzene rings is 2. The number of nitrogens with zero attached hydrogens (tertiary/aromatic N) is 1. The second-order valence-electron chi connectivity index (χ2n) is 7.75. The number of anilines is 1. The molecule has 1 saturated heterocycles. The van der Waals surface area contributed by atoms with Gasteiger partial charge in [-0.3, -0.25) is 0 Å². The van der Waals surface area contributed by atoms with E-state index in [0.717, 1.165) is 11.3 Å². The van der Waals surface area contributed by atoms with Crippen LogP contribution in [0, 0.1) is 13.8 Å². The van der Waals surface area contributed by atoms with E-state index < -0.39 is 12.8 Å². The molecule has 0 unspecified atom stereocenters. The summed E-state index contributed by atoms with van der Waals surface area (Å²) in [7, 11) is 1.33. The number of rotatable bonds is 6. The number of hydrogen-bond acceptors (Lipinski definition) is 4. The zero-order valence-corrected chi connectivity index (χ0v) is 18.3. The van der Waals surface area contributed by atoms with Gasteiger partial charge in [0.15, 0.2) is 18.1 Å². The molecule has 0 aliphatic carbocycles. The summed E-state index contributed by atoms with van der Waals surface area (Å²) >= 11 is 0. The molecule has 0 aromatic heterocycles. The first-order chi connectivity index (χ1) is 15.1. The van der Waals surface area contributed by atoms with Gasteiger partial charge in [0, 0.05) is 37.7 Å². The summed E-state index contributed by atoms with van der Waals surface area (Å²) in [4.78, 5) is 14.3. The van der Waals surface area contributed by atoms with E-state index in [-0.39, 0.29) is 23.6 Å². The molecule has 1 aliphatic rings. The number of carbonyl (C=O) groups is 1. The van der Waals surface area contributed by atoms with E-state index in [0.29, 0.717) is 31.6 Å². The summed E-state index contributed by atoms with van der Waals surface area (Å²) in [5, 5.41) is 2.71. The highest BCUT2D eigenvalue weighted by atomic mass is 19.4. The Morgan fingerprint density at radius 2 is 1.78 bits per heavy atom. The van der Waals surface area contributed by atoms with Gasteiger partial charge in [0.1, 0.15) is 11.9 Å². The molecule has 9 heteroatoms. The monoisotopic (exact) mass is 452 g/mol. The lowest BCUT2D eigenvalue weighted by molar-refractivity contribution is -0.153. The molecular formula is C23H27F3N2O4. The Labute approximate surface area is 185 Å². The van der Waals surface area contributed by atoms with Crippen LogP contribution in [0.25, 0.3) is 0 Å². The lowest BCUT2D eigenvalue weighted by Gasteiger charge is -2.32. The van der Waals surface area contributed by atoms with E-state index in [1.54, 1.807) is 11.0 Å². The van der Waals surface area contributed by atoms with Crippen molar-refractivity contribution in [3.8, 4) is 17.2 Å². The highest BCUT2D eigenvalue weighted by molar-refractivity contribution is 5.89. The Morgan fingerprint density at radius 1 is 1.06 bits per heavy atom. The molecule has 0 saturated carbocycles. The lowest BCUT2D eigenvalue weighted by atomic mass is 10.1. The van der Waals surface area contributed by atoms with Gasteiger partial charge < -0.3 is 24.4 Å². The zero-order chi connectivity index (χ0) is 23.3. The topological polar surface area (TPSA) is 60.0 Å². The number of carbonyl (C=O) groups excluding carboxylic acids is 1. The smallest absolute Gasteiger partial charge is 0.422 e. The second-order valence-corrected chi connectivity index (χ2v) is 7.75. The summed E-state index contributed by atoms with van der Waals surface area (Å²) in [5.41, 5.74) is 2.69. The first-order valence-corrected chi connectivity index (χ1v) is 10.3. The molecule has 2 aromatic rings. The van der Waals surface area contributed by atoms with Crippen molar-refractivity contribution in [2.45, 2.75) is 39.0 Å². The zero-order valence-electron chi connectivity index (χ0n) is 18.3. The maximum Gasteiger partial charge on any atom is 0.422 e. The molecule has 0 spiro atoms. The molecule has 0 atom stereocenters. The minimum atomic E-state index is -4.48. The molecule has 1 aliphatic heterocycles. The highest BCUT2D eigenvalue weighted by Crippen LogP contribution is 2.32. The van der Waals surface area contributed by atoms with Crippen LogP contribution in [0.15, 0.2) is 36.4 Å². The fourth-order valence-corrected chi connectivity index (χ4v) is 3.39. The maximum atomic E-state index is 12.6. The Morgan fingerprint density at radius 3 is 2.41 bits per heavy atom. The molecule has 1 heterocycles. The molecule has 1 N–H and O–H groups in total. The number of likely N-dealkylation sites (tertiary alicyclic amines) is 1. The SMILES string of the molecule is COc1ccc(NC(=O)N2CCC(Oc3ccc(C)c(C)c3)CC2)cc1OCC(F)(F)F. The maximum absolute atomic E-state index is 12.6. The molecule has 0 bridgehead atoms. The van der Waals surface area contributed by atoms with Crippen molar-refractivity contribution in [2.75, 3.05) is 32.1 Å². The largest absolute Gasteiger partial charge is 0.493 e. The molecule has 2 amide bonds. The number of hydrogen-bond donors (Lipinski definition) is 1. The van der Waals surface area contributed by atoms with Crippen LogP contribution < -0.4 is 19.5 Å². The van der Waals surface area contributed by atoms with E-state index in [9.17, 15) is 18.0 Å². The van der Waals surface area contributed by atoms with Crippen molar-refractivity contribution in [3.63, 3.8) is 0 Å². The van der Waals surface area contributed by atoms with Crippen molar-refractivity contribution in [2.24, 2.45) is 0 Å². The fraction of sp³-hybridized carbons (Fsp3) is 0.435. The Kier molecular flexibility index (Phi) is 7.37. The number of nitrogens with one attached hydrogen (secondary N) is 1. The van der Waals surface area contributed by atoms with Gasteiger partial charge in [0.25, 0.3) is 0 Å². The van der Waals surface area contributed by atoms with Gasteiger partial charge in [-0.05, 0) is 49.2 Å². The number of amides is 2. The molecule has 2 aromatic carbocycles. The standard InChI is InChI=1S/C23H27F3N2O4/c1-15-4-6-19(12-16(15)2)32-18-8-10-28(11-9-18)22(29)27-17-5-7-20(30-3)21(13-17)31-14-23(24,25)26/h4-7,12-13,18H,8-11,14H2,1-3H3,(H,27,29). The van der Waals surface area contributed by atoms with Crippen LogP contribution >= 0.6 is 0 Å². The van der Waals surface area contributed by atoms with Crippen LogP contribution in [0.2, 0.25) is 0 Å². The van der Waals surface area contributed by atoms with Gasteiger partial charge in [-0.25, -0.2) is 4.79 Å². The van der Waals surface area contributed by atoms with Crippen LogP contribution in [-0.4, -0.2) is 50.0 Å². The van der Waals surface area contributed by atoms with Crippen LogP contribution in [0.1, 0.15) is 24.0 Å². The van der Waals surface area contributed by atoms with Crippen molar-refractivity contribution in [3.05, 3.63) is 47.5 Å². The number of aryl methyl sites for hydroxylation is 2. The van der Waals surface area contributed by atoms with Crippen LogP contribution in [0.4, 0.5) is 23.7 Å². The highest BCUT2D eigenvalue weighted by Gasteiger charge is 2.29. The molecular weight excluding hydrogens is 425 g/mol. The third-order valence-corrected chi connectivity index (χ3v) is 5.32. The third kappa shape index (κ3) is 6.45. The summed E-state index contributed by atoms with van der Waals surface area (Å²) < 4.78 is 53.4. The summed E-state index contributed by atoms with van der Waals surface area (Å²) in [6.45, 7) is 3.65. The van der Waals surface area contributed by atoms with E-state index in [4.69, 9.17) is 14.2 Å². The predicted molar refractivity (Wildman–Crippen MR) is 115 cm³/mol. The fourth-order valence-electron chi connectivity index (χ4n) is 3.39. The van der Waals surface area contributed by atoms with Crippen molar-refractivity contribution < 1.29 is 32.2 Å². The van der Waals surface area contributed by atoms with Crippen molar-refractivity contribution in [1.82, 2.24) is 4.90 Å². The summed E-state index contributed by atoms with van der Waals surface area (Å²) in [5.74, 6) is 0.875. The first kappa shape index (κ1) is 23.6. The van der Waals surface area contributed by atoms with Gasteiger partial charge in [0.2, 0.25) is 0 Å². The second kappa shape index (κ2) is 10.0. The van der Waals surface area contributed by atoms with E-state index >= 15 is 0 Å². The average Bonchev–Trinajstić information content (AvgIpc) is 2.75. The van der Waals surface area contributed by atoms with E-state index in [2.05, 4.69) is 5.32 Å². The van der Waals surface area contributed by atoms with Gasteiger partial charge in [0.05, 0.1) is 7.11 Å². The van der Waals surface area contributed by atoms with Gasteiger partial charge in [-0.2, -0.15) is 13.2 Å². The summed E-state index contributed by atoms with van der Waals surface area (Å²) in [6.07, 6.45) is -3.09. The van der Waals surface area contributed by atoms with E-state index in [1.165, 1.54) is 24.8 Å². The molecule has 174 valence electrons. The number of alkyl halides is 3. The Balaban J connectivity index is 1.54. The first-order valence-electron chi connectivity index (χ1n) is 10.3. The Bertz CT molecular complexity index is 941. The van der Waals surface area contributed by atoms with Crippen molar-refractivity contribution in [1.29, 1.82) is 0 Å². The molecule has 0 radical (unpaired) electrons. The normalized spacial score (nSPS) is 14.8. The van der Waals surface area contributed by atoms with Gasteiger partial charge in [-0.1, -0.05) is 6.07 Å². The minimum absolute atomic E-state index is 0.0181. The number of ether oxygens (including phenoxy) is 3. The third-order valence-electron chi connectivity index (χ3n) is 5.32. The number of halogens is 3. The quantitative estimate of drug-likeness (QED) is 0.644. The Hall–Kier alpha value is -3.10. The van der Waals surface area contributed by atoms with Crippen LogP contribution in [0.5, 0.6) is 17.2 Å². The van der Waals surface area contributed by atoms with Gasteiger partial charge >= 0.3 is 12.2 Å². The lowest BCUT2D eigenvalue weighted by Crippen LogP contribution is -2.43. The van der Waals surface area contributed by atoms with Crippen molar-refractivity contribution >= 4 is 11.7 Å². The molecule has 1 fully saturated rings.